The van der Waals surface area contributed by atoms with Gasteiger partial charge >= 0.3 is 6.01 Å². The van der Waals surface area contributed by atoms with E-state index in [0.29, 0.717) is 17.3 Å². The second kappa shape index (κ2) is 5.13. The first-order chi connectivity index (χ1) is 8.65. The number of amides is 1. The Bertz CT molecular complexity index is 572. The summed E-state index contributed by atoms with van der Waals surface area (Å²) in [6, 6.07) is 8.70. The molecular formula is C12H12N4O2. The van der Waals surface area contributed by atoms with Crippen LogP contribution in [0.1, 0.15) is 6.92 Å². The Labute approximate surface area is 104 Å². The fraction of sp³-hybridized carbons (Fsp3) is 0.0833. The molecule has 1 heterocycles. The zero-order valence-corrected chi connectivity index (χ0v) is 9.75. The molecule has 18 heavy (non-hydrogen) atoms. The number of ether oxygens (including phenoxy) is 1. The molecule has 0 spiro atoms. The molecule has 92 valence electrons. The molecule has 0 bridgehead atoms. The van der Waals surface area contributed by atoms with Gasteiger partial charge in [-0.25, -0.2) is 4.98 Å². The predicted octanol–water partition coefficient (Wildman–Crippen LogP) is 1.81. The van der Waals surface area contributed by atoms with Gasteiger partial charge < -0.3 is 15.8 Å². The maximum Gasteiger partial charge on any atom is 0.323 e. The first kappa shape index (κ1) is 11.8. The van der Waals surface area contributed by atoms with Crippen molar-refractivity contribution in [2.45, 2.75) is 6.92 Å². The third kappa shape index (κ3) is 2.94. The second-order valence-electron chi connectivity index (χ2n) is 3.54. The minimum atomic E-state index is -0.181. The number of anilines is 2. The lowest BCUT2D eigenvalue weighted by atomic mass is 10.3. The fourth-order valence-corrected chi connectivity index (χ4v) is 1.35. The van der Waals surface area contributed by atoms with E-state index < -0.39 is 0 Å². The summed E-state index contributed by atoms with van der Waals surface area (Å²) in [4.78, 5) is 18.9. The number of carbonyl (C=O) groups is 1. The van der Waals surface area contributed by atoms with Crippen molar-refractivity contribution in [3.63, 3.8) is 0 Å². The second-order valence-corrected chi connectivity index (χ2v) is 3.54. The highest BCUT2D eigenvalue weighted by Crippen LogP contribution is 2.27. The van der Waals surface area contributed by atoms with Crippen LogP contribution in [0.2, 0.25) is 0 Å². The third-order valence-corrected chi connectivity index (χ3v) is 2.05. The van der Waals surface area contributed by atoms with Gasteiger partial charge in [-0.15, -0.1) is 0 Å². The van der Waals surface area contributed by atoms with Crippen molar-refractivity contribution in [1.29, 1.82) is 0 Å². The molecule has 1 aromatic carbocycles. The molecule has 6 heteroatoms. The molecule has 0 atom stereocenters. The molecule has 0 fully saturated rings. The average molecular weight is 244 g/mol. The summed E-state index contributed by atoms with van der Waals surface area (Å²) < 4.78 is 5.47. The van der Waals surface area contributed by atoms with E-state index in [4.69, 9.17) is 10.5 Å². The highest BCUT2D eigenvalue weighted by atomic mass is 16.5. The van der Waals surface area contributed by atoms with Crippen LogP contribution < -0.4 is 15.8 Å². The maximum absolute atomic E-state index is 11.1. The molecule has 0 saturated carbocycles. The summed E-state index contributed by atoms with van der Waals surface area (Å²) in [5.74, 6) is 0.592. The highest BCUT2D eigenvalue weighted by molar-refractivity contribution is 5.90. The normalized spacial score (nSPS) is 9.83. The molecule has 6 nitrogen and oxygen atoms in total. The number of para-hydroxylation sites is 2. The van der Waals surface area contributed by atoms with Gasteiger partial charge in [-0.1, -0.05) is 12.1 Å². The minimum absolute atomic E-state index is 0.132. The Morgan fingerprint density at radius 1 is 1.33 bits per heavy atom. The van der Waals surface area contributed by atoms with Crippen molar-refractivity contribution >= 4 is 17.4 Å². The average Bonchev–Trinajstić information content (AvgIpc) is 2.31. The number of nitrogens with two attached hydrogens (primary N) is 1. The predicted molar refractivity (Wildman–Crippen MR) is 67.3 cm³/mol. The fourth-order valence-electron chi connectivity index (χ4n) is 1.35. The SMILES string of the molecule is CC(=O)Nc1ccccc1Oc1nccc(N)n1. The lowest BCUT2D eigenvalue weighted by Gasteiger charge is -2.09. The highest BCUT2D eigenvalue weighted by Gasteiger charge is 2.07. The zero-order chi connectivity index (χ0) is 13.0. The number of hydrogen-bond donors (Lipinski definition) is 2. The van der Waals surface area contributed by atoms with Crippen LogP contribution in [0.4, 0.5) is 11.5 Å². The first-order valence-electron chi connectivity index (χ1n) is 5.28. The van der Waals surface area contributed by atoms with Gasteiger partial charge in [0.25, 0.3) is 0 Å². The quantitative estimate of drug-likeness (QED) is 0.859. The Balaban J connectivity index is 2.26. The lowest BCUT2D eigenvalue weighted by molar-refractivity contribution is -0.114. The van der Waals surface area contributed by atoms with E-state index in [0.717, 1.165) is 0 Å². The van der Waals surface area contributed by atoms with E-state index in [1.54, 1.807) is 30.3 Å². The van der Waals surface area contributed by atoms with Crippen molar-refractivity contribution in [3.8, 4) is 11.8 Å². The number of hydrogen-bond acceptors (Lipinski definition) is 5. The van der Waals surface area contributed by atoms with Crippen molar-refractivity contribution in [2.24, 2.45) is 0 Å². The van der Waals surface area contributed by atoms with Gasteiger partial charge in [-0.3, -0.25) is 4.79 Å². The van der Waals surface area contributed by atoms with Crippen LogP contribution >= 0.6 is 0 Å². The number of aromatic nitrogens is 2. The number of nitrogen functional groups attached to an aromatic ring is 1. The van der Waals surface area contributed by atoms with Gasteiger partial charge in [-0.2, -0.15) is 4.98 Å². The van der Waals surface area contributed by atoms with Crippen LogP contribution in [-0.2, 0) is 4.79 Å². The van der Waals surface area contributed by atoms with Gasteiger partial charge in [0, 0.05) is 13.1 Å². The molecule has 1 amide bonds. The molecule has 0 aliphatic rings. The van der Waals surface area contributed by atoms with Crippen LogP contribution in [0, 0.1) is 0 Å². The Hall–Kier alpha value is -2.63. The molecule has 0 aliphatic carbocycles. The van der Waals surface area contributed by atoms with Crippen molar-refractivity contribution in [3.05, 3.63) is 36.5 Å². The summed E-state index contributed by atoms with van der Waals surface area (Å²) in [6.45, 7) is 1.42. The van der Waals surface area contributed by atoms with E-state index in [1.165, 1.54) is 13.1 Å². The summed E-state index contributed by atoms with van der Waals surface area (Å²) in [5, 5.41) is 2.66. The Morgan fingerprint density at radius 2 is 2.11 bits per heavy atom. The van der Waals surface area contributed by atoms with Gasteiger partial charge in [0.15, 0.2) is 5.75 Å². The van der Waals surface area contributed by atoms with Crippen LogP contribution in [0.25, 0.3) is 0 Å². The first-order valence-corrected chi connectivity index (χ1v) is 5.28. The van der Waals surface area contributed by atoms with E-state index >= 15 is 0 Å². The monoisotopic (exact) mass is 244 g/mol. The van der Waals surface area contributed by atoms with Crippen LogP contribution in [0.3, 0.4) is 0 Å². The van der Waals surface area contributed by atoms with E-state index in [9.17, 15) is 4.79 Å². The zero-order valence-electron chi connectivity index (χ0n) is 9.75. The van der Waals surface area contributed by atoms with E-state index in [2.05, 4.69) is 15.3 Å². The smallest absolute Gasteiger partial charge is 0.323 e. The summed E-state index contributed by atoms with van der Waals surface area (Å²) in [7, 11) is 0. The topological polar surface area (TPSA) is 90.1 Å². The van der Waals surface area contributed by atoms with E-state index in [1.807, 2.05) is 0 Å². The standard InChI is InChI=1S/C12H12N4O2/c1-8(17)15-9-4-2-3-5-10(9)18-12-14-7-6-11(13)16-12/h2-7H,1H3,(H,15,17)(H2,13,14,16). The van der Waals surface area contributed by atoms with E-state index in [-0.39, 0.29) is 11.9 Å². The maximum atomic E-state index is 11.1. The largest absolute Gasteiger partial charge is 0.422 e. The van der Waals surface area contributed by atoms with Crippen LogP contribution in [0.5, 0.6) is 11.8 Å². The number of carbonyl (C=O) groups excluding carboxylic acids is 1. The number of rotatable bonds is 3. The molecule has 3 N–H and O–H groups in total. The minimum Gasteiger partial charge on any atom is -0.422 e. The van der Waals surface area contributed by atoms with Gasteiger partial charge in [0.05, 0.1) is 5.69 Å². The molecule has 0 aliphatic heterocycles. The molecule has 0 unspecified atom stereocenters. The van der Waals surface area contributed by atoms with Crippen LogP contribution in [0.15, 0.2) is 36.5 Å². The number of nitrogens with zero attached hydrogens (tertiary/aromatic N) is 2. The summed E-state index contributed by atoms with van der Waals surface area (Å²) in [6.07, 6.45) is 1.50. The van der Waals surface area contributed by atoms with Crippen molar-refractivity contribution in [2.75, 3.05) is 11.1 Å². The Morgan fingerprint density at radius 3 is 2.83 bits per heavy atom. The summed E-state index contributed by atoms with van der Waals surface area (Å²) >= 11 is 0. The third-order valence-electron chi connectivity index (χ3n) is 2.05. The molecule has 2 rings (SSSR count). The van der Waals surface area contributed by atoms with Crippen molar-refractivity contribution in [1.82, 2.24) is 9.97 Å². The van der Waals surface area contributed by atoms with Gasteiger partial charge in [-0.05, 0) is 18.2 Å². The molecule has 0 saturated heterocycles. The lowest BCUT2D eigenvalue weighted by Crippen LogP contribution is -2.07. The molecule has 2 aromatic rings. The number of benzene rings is 1. The Kier molecular flexibility index (Phi) is 3.38. The van der Waals surface area contributed by atoms with Gasteiger partial charge in [0.1, 0.15) is 5.82 Å². The van der Waals surface area contributed by atoms with Crippen LogP contribution in [-0.4, -0.2) is 15.9 Å². The van der Waals surface area contributed by atoms with Gasteiger partial charge in [0.2, 0.25) is 5.91 Å². The van der Waals surface area contributed by atoms with Crippen molar-refractivity contribution < 1.29 is 9.53 Å². The molecule has 0 radical (unpaired) electrons. The summed E-state index contributed by atoms with van der Waals surface area (Å²) in [5.41, 5.74) is 6.08. The number of nitrogens with one attached hydrogen (secondary N) is 1. The molecule has 1 aromatic heterocycles. The molecular weight excluding hydrogens is 232 g/mol.